The molecule has 0 aliphatic carbocycles. The van der Waals surface area contributed by atoms with Gasteiger partial charge in [0.15, 0.2) is 11.8 Å². The first-order valence-electron chi connectivity index (χ1n) is 7.53. The molecule has 7 nitrogen and oxygen atoms in total. The van der Waals surface area contributed by atoms with Crippen LogP contribution in [0, 0.1) is 0 Å². The van der Waals surface area contributed by atoms with E-state index in [-0.39, 0.29) is 6.10 Å². The van der Waals surface area contributed by atoms with Crippen molar-refractivity contribution in [1.82, 2.24) is 20.5 Å². The smallest absolute Gasteiger partial charge is 0.189 e. The molecule has 0 bridgehead atoms. The lowest BCUT2D eigenvalue weighted by Gasteiger charge is -2.10. The van der Waals surface area contributed by atoms with Crippen LogP contribution in [-0.2, 0) is 11.3 Å². The van der Waals surface area contributed by atoms with Gasteiger partial charge in [-0.05, 0) is 25.0 Å². The van der Waals surface area contributed by atoms with Gasteiger partial charge < -0.3 is 15.8 Å². The van der Waals surface area contributed by atoms with Crippen molar-refractivity contribution in [1.29, 1.82) is 0 Å². The van der Waals surface area contributed by atoms with Gasteiger partial charge in [-0.3, -0.25) is 5.10 Å². The SMILES string of the molecule is NC(=NCc1nc(-c2ccc(Br)cc2)n[nH]1)NCC1CCCO1. The van der Waals surface area contributed by atoms with Crippen LogP contribution in [0.2, 0.25) is 0 Å². The predicted molar refractivity (Wildman–Crippen MR) is 91.8 cm³/mol. The number of guanidine groups is 1. The van der Waals surface area contributed by atoms with Crippen LogP contribution < -0.4 is 11.1 Å². The lowest BCUT2D eigenvalue weighted by molar-refractivity contribution is 0.114. The number of aromatic amines is 1. The maximum atomic E-state index is 5.85. The number of halogens is 1. The fourth-order valence-electron chi connectivity index (χ4n) is 2.33. The Morgan fingerprint density at radius 1 is 1.43 bits per heavy atom. The first kappa shape index (κ1) is 15.9. The Kier molecular flexibility index (Phi) is 5.24. The summed E-state index contributed by atoms with van der Waals surface area (Å²) in [7, 11) is 0. The zero-order chi connectivity index (χ0) is 16.1. The third-order valence-electron chi connectivity index (χ3n) is 3.57. The molecule has 4 N–H and O–H groups in total. The highest BCUT2D eigenvalue weighted by molar-refractivity contribution is 9.10. The van der Waals surface area contributed by atoms with E-state index in [9.17, 15) is 0 Å². The van der Waals surface area contributed by atoms with Crippen molar-refractivity contribution in [2.45, 2.75) is 25.5 Å². The van der Waals surface area contributed by atoms with Crippen molar-refractivity contribution in [2.24, 2.45) is 10.7 Å². The van der Waals surface area contributed by atoms with Gasteiger partial charge in [0.25, 0.3) is 0 Å². The summed E-state index contributed by atoms with van der Waals surface area (Å²) in [5.41, 5.74) is 6.80. The van der Waals surface area contributed by atoms with E-state index >= 15 is 0 Å². The van der Waals surface area contributed by atoms with Crippen LogP contribution in [0.25, 0.3) is 11.4 Å². The van der Waals surface area contributed by atoms with Crippen molar-refractivity contribution >= 4 is 21.9 Å². The average Bonchev–Trinajstić information content (AvgIpc) is 3.23. The monoisotopic (exact) mass is 378 g/mol. The Labute approximate surface area is 142 Å². The Balaban J connectivity index is 1.53. The van der Waals surface area contributed by atoms with Crippen LogP contribution in [0.15, 0.2) is 33.7 Å². The topological polar surface area (TPSA) is 101 Å². The molecule has 0 amide bonds. The predicted octanol–water partition coefficient (Wildman–Crippen LogP) is 1.82. The van der Waals surface area contributed by atoms with Crippen LogP contribution in [0.4, 0.5) is 0 Å². The number of nitrogens with two attached hydrogens (primary N) is 1. The maximum Gasteiger partial charge on any atom is 0.189 e. The fourth-order valence-corrected chi connectivity index (χ4v) is 2.60. The first-order chi connectivity index (χ1) is 11.2. The molecular weight excluding hydrogens is 360 g/mol. The minimum atomic E-state index is 0.234. The lowest BCUT2D eigenvalue weighted by atomic mass is 10.2. The summed E-state index contributed by atoms with van der Waals surface area (Å²) in [4.78, 5) is 8.69. The molecule has 122 valence electrons. The molecule has 8 heteroatoms. The summed E-state index contributed by atoms with van der Waals surface area (Å²) in [5, 5.41) is 10.2. The number of nitrogens with one attached hydrogen (secondary N) is 2. The van der Waals surface area contributed by atoms with Crippen LogP contribution in [0.3, 0.4) is 0 Å². The van der Waals surface area contributed by atoms with E-state index < -0.39 is 0 Å². The van der Waals surface area contributed by atoms with Crippen molar-refractivity contribution in [3.63, 3.8) is 0 Å². The van der Waals surface area contributed by atoms with Gasteiger partial charge in [-0.15, -0.1) is 0 Å². The molecule has 2 heterocycles. The minimum absolute atomic E-state index is 0.234. The molecule has 23 heavy (non-hydrogen) atoms. The van der Waals surface area contributed by atoms with Crippen molar-refractivity contribution in [2.75, 3.05) is 13.2 Å². The molecule has 0 saturated carbocycles. The van der Waals surface area contributed by atoms with E-state index in [0.29, 0.717) is 30.7 Å². The Bertz CT molecular complexity index is 663. The average molecular weight is 379 g/mol. The number of hydrogen-bond donors (Lipinski definition) is 3. The quantitative estimate of drug-likeness (QED) is 0.544. The zero-order valence-corrected chi connectivity index (χ0v) is 14.2. The molecule has 1 saturated heterocycles. The van der Waals surface area contributed by atoms with E-state index in [1.54, 1.807) is 0 Å². The number of aliphatic imine (C=N–C) groups is 1. The van der Waals surface area contributed by atoms with Gasteiger partial charge in [-0.2, -0.15) is 5.10 Å². The number of benzene rings is 1. The van der Waals surface area contributed by atoms with Crippen molar-refractivity contribution in [3.05, 3.63) is 34.6 Å². The second-order valence-corrected chi connectivity index (χ2v) is 6.25. The van der Waals surface area contributed by atoms with E-state index in [0.717, 1.165) is 29.5 Å². The summed E-state index contributed by atoms with van der Waals surface area (Å²) in [6.45, 7) is 1.88. The van der Waals surface area contributed by atoms with Gasteiger partial charge >= 0.3 is 0 Å². The summed E-state index contributed by atoms with van der Waals surface area (Å²) >= 11 is 3.41. The van der Waals surface area contributed by atoms with Crippen LogP contribution in [-0.4, -0.2) is 40.4 Å². The molecule has 2 aromatic rings. The highest BCUT2D eigenvalue weighted by atomic mass is 79.9. The lowest BCUT2D eigenvalue weighted by Crippen LogP contribution is -2.37. The normalized spacial score (nSPS) is 18.3. The van der Waals surface area contributed by atoms with Crippen LogP contribution in [0.1, 0.15) is 18.7 Å². The third-order valence-corrected chi connectivity index (χ3v) is 4.10. The van der Waals surface area contributed by atoms with E-state index in [1.165, 1.54) is 0 Å². The Hall–Kier alpha value is -1.93. The van der Waals surface area contributed by atoms with E-state index in [4.69, 9.17) is 10.5 Å². The van der Waals surface area contributed by atoms with Crippen LogP contribution >= 0.6 is 15.9 Å². The molecule has 1 aromatic heterocycles. The Morgan fingerprint density at radius 2 is 2.26 bits per heavy atom. The Morgan fingerprint density at radius 3 is 3.00 bits per heavy atom. The summed E-state index contributed by atoms with van der Waals surface area (Å²) in [6, 6.07) is 7.82. The van der Waals surface area contributed by atoms with Gasteiger partial charge in [0.1, 0.15) is 12.4 Å². The fraction of sp³-hybridized carbons (Fsp3) is 0.400. The highest BCUT2D eigenvalue weighted by Crippen LogP contribution is 2.18. The summed E-state index contributed by atoms with van der Waals surface area (Å²) in [5.74, 6) is 1.71. The molecule has 1 atom stereocenters. The number of aromatic nitrogens is 3. The van der Waals surface area contributed by atoms with Gasteiger partial charge in [0.05, 0.1) is 6.10 Å². The molecule has 1 fully saturated rings. The molecule has 1 aliphatic rings. The first-order valence-corrected chi connectivity index (χ1v) is 8.32. The van der Waals surface area contributed by atoms with Gasteiger partial charge in [0.2, 0.25) is 0 Å². The standard InChI is InChI=1S/C15H19BrN6O/c16-11-5-3-10(4-6-11)14-20-13(21-22-14)9-19-15(17)18-8-12-2-1-7-23-12/h3-6,12H,1-2,7-9H2,(H3,17,18,19)(H,20,21,22). The molecule has 1 aliphatic heterocycles. The van der Waals surface area contributed by atoms with Gasteiger partial charge in [0, 0.05) is 23.2 Å². The van der Waals surface area contributed by atoms with Crippen LogP contribution in [0.5, 0.6) is 0 Å². The van der Waals surface area contributed by atoms with Crippen molar-refractivity contribution in [3.8, 4) is 11.4 Å². The third kappa shape index (κ3) is 4.52. The number of rotatable bonds is 5. The maximum absolute atomic E-state index is 5.85. The molecule has 1 aromatic carbocycles. The van der Waals surface area contributed by atoms with E-state index in [1.807, 2.05) is 24.3 Å². The molecule has 0 spiro atoms. The number of ether oxygens (including phenoxy) is 1. The largest absolute Gasteiger partial charge is 0.376 e. The number of hydrogen-bond acceptors (Lipinski definition) is 4. The molecule has 3 rings (SSSR count). The molecule has 1 unspecified atom stereocenters. The second kappa shape index (κ2) is 7.56. The summed E-state index contributed by atoms with van der Waals surface area (Å²) in [6.07, 6.45) is 2.41. The second-order valence-electron chi connectivity index (χ2n) is 5.33. The van der Waals surface area contributed by atoms with E-state index in [2.05, 4.69) is 41.4 Å². The number of nitrogens with zero attached hydrogens (tertiary/aromatic N) is 3. The van der Waals surface area contributed by atoms with Crippen molar-refractivity contribution < 1.29 is 4.74 Å². The molecule has 0 radical (unpaired) electrons. The highest BCUT2D eigenvalue weighted by Gasteiger charge is 2.15. The molecular formula is C15H19BrN6O. The summed E-state index contributed by atoms with van der Waals surface area (Å²) < 4.78 is 6.54. The zero-order valence-electron chi connectivity index (χ0n) is 12.6. The minimum Gasteiger partial charge on any atom is -0.376 e. The van der Waals surface area contributed by atoms with Gasteiger partial charge in [-0.25, -0.2) is 9.98 Å². The number of H-pyrrole nitrogens is 1. The van der Waals surface area contributed by atoms with Gasteiger partial charge in [-0.1, -0.05) is 28.1 Å².